The van der Waals surface area contributed by atoms with Crippen LogP contribution in [0.4, 0.5) is 0 Å². The van der Waals surface area contributed by atoms with Gasteiger partial charge in [-0.3, -0.25) is 4.98 Å². The summed E-state index contributed by atoms with van der Waals surface area (Å²) in [6.07, 6.45) is 12.0. The summed E-state index contributed by atoms with van der Waals surface area (Å²) >= 11 is 0. The van der Waals surface area contributed by atoms with Gasteiger partial charge in [-0.25, -0.2) is 0 Å². The van der Waals surface area contributed by atoms with E-state index in [0.717, 1.165) is 18.9 Å². The van der Waals surface area contributed by atoms with Crippen molar-refractivity contribution in [1.82, 2.24) is 10.3 Å². The number of rotatable bonds is 7. The molecule has 1 fully saturated rings. The van der Waals surface area contributed by atoms with E-state index >= 15 is 0 Å². The molecule has 1 N–H and O–H groups in total. The Morgan fingerprint density at radius 1 is 1.32 bits per heavy atom. The van der Waals surface area contributed by atoms with E-state index in [4.69, 9.17) is 0 Å². The summed E-state index contributed by atoms with van der Waals surface area (Å²) in [6, 6.07) is 4.18. The van der Waals surface area contributed by atoms with Crippen LogP contribution in [0, 0.1) is 11.3 Å². The van der Waals surface area contributed by atoms with Gasteiger partial charge in [0.15, 0.2) is 0 Å². The molecular formula is C17H28N2. The highest BCUT2D eigenvalue weighted by molar-refractivity contribution is 5.08. The van der Waals surface area contributed by atoms with Gasteiger partial charge in [0.2, 0.25) is 0 Å². The van der Waals surface area contributed by atoms with Crippen molar-refractivity contribution < 1.29 is 0 Å². The Morgan fingerprint density at radius 3 is 2.74 bits per heavy atom. The van der Waals surface area contributed by atoms with E-state index in [0.29, 0.717) is 5.41 Å². The van der Waals surface area contributed by atoms with Crippen molar-refractivity contribution in [3.05, 3.63) is 30.1 Å². The Bertz CT molecular complexity index is 353. The lowest BCUT2D eigenvalue weighted by atomic mass is 9.78. The van der Waals surface area contributed by atoms with Crippen molar-refractivity contribution in [2.24, 2.45) is 11.3 Å². The Kier molecular flexibility index (Phi) is 5.38. The molecule has 0 saturated heterocycles. The highest BCUT2D eigenvalue weighted by atomic mass is 14.9. The minimum Gasteiger partial charge on any atom is -0.316 e. The Hall–Kier alpha value is -0.890. The first kappa shape index (κ1) is 14.5. The van der Waals surface area contributed by atoms with Gasteiger partial charge < -0.3 is 5.32 Å². The molecular weight excluding hydrogens is 232 g/mol. The van der Waals surface area contributed by atoms with Crippen molar-refractivity contribution in [3.8, 4) is 0 Å². The largest absolute Gasteiger partial charge is 0.316 e. The molecule has 1 aliphatic rings. The maximum absolute atomic E-state index is 4.17. The van der Waals surface area contributed by atoms with Crippen LogP contribution >= 0.6 is 0 Å². The molecule has 19 heavy (non-hydrogen) atoms. The molecule has 0 unspecified atom stereocenters. The van der Waals surface area contributed by atoms with Gasteiger partial charge in [-0.15, -0.1) is 0 Å². The topological polar surface area (TPSA) is 24.9 Å². The van der Waals surface area contributed by atoms with Gasteiger partial charge in [-0.1, -0.05) is 32.8 Å². The maximum Gasteiger partial charge on any atom is 0.0300 e. The zero-order valence-corrected chi connectivity index (χ0v) is 12.5. The molecule has 1 aromatic rings. The third-order valence-electron chi connectivity index (χ3n) is 4.32. The quantitative estimate of drug-likeness (QED) is 0.754. The predicted octanol–water partition coefficient (Wildman–Crippen LogP) is 3.82. The summed E-state index contributed by atoms with van der Waals surface area (Å²) in [7, 11) is 0. The lowest BCUT2D eigenvalue weighted by molar-refractivity contribution is 0.225. The molecule has 0 radical (unpaired) electrons. The van der Waals surface area contributed by atoms with Gasteiger partial charge in [0.05, 0.1) is 0 Å². The number of hydrogen-bond donors (Lipinski definition) is 1. The summed E-state index contributed by atoms with van der Waals surface area (Å²) < 4.78 is 0. The van der Waals surface area contributed by atoms with E-state index in [-0.39, 0.29) is 0 Å². The third-order valence-corrected chi connectivity index (χ3v) is 4.32. The highest BCUT2D eigenvalue weighted by Crippen LogP contribution is 2.42. The van der Waals surface area contributed by atoms with Gasteiger partial charge in [0.1, 0.15) is 0 Å². The van der Waals surface area contributed by atoms with E-state index < -0.39 is 0 Å². The summed E-state index contributed by atoms with van der Waals surface area (Å²) in [4.78, 5) is 4.17. The Balaban J connectivity index is 1.74. The summed E-state index contributed by atoms with van der Waals surface area (Å²) in [5.41, 5.74) is 1.92. The van der Waals surface area contributed by atoms with Crippen LogP contribution in [0.2, 0.25) is 0 Å². The average Bonchev–Trinajstić information content (AvgIpc) is 2.84. The molecule has 1 aliphatic carbocycles. The molecule has 0 amide bonds. The first-order chi connectivity index (χ1) is 9.20. The minimum atomic E-state index is 0.586. The smallest absolute Gasteiger partial charge is 0.0300 e. The zero-order chi connectivity index (χ0) is 13.6. The van der Waals surface area contributed by atoms with Crippen molar-refractivity contribution >= 4 is 0 Å². The standard InChI is InChI=1S/C17H28N2/c1-15(2)12-17(8-3-4-9-17)14-19-11-7-16-6-5-10-18-13-16/h5-6,10,13,15,19H,3-4,7-9,11-12,14H2,1-2H3. The SMILES string of the molecule is CC(C)CC1(CNCCc2cccnc2)CCCC1. The highest BCUT2D eigenvalue weighted by Gasteiger charge is 2.33. The second-order valence-electron chi connectivity index (χ2n) is 6.59. The molecule has 2 rings (SSSR count). The van der Waals surface area contributed by atoms with Crippen LogP contribution in [-0.2, 0) is 6.42 Å². The predicted molar refractivity (Wildman–Crippen MR) is 81.2 cm³/mol. The minimum absolute atomic E-state index is 0.586. The molecule has 2 nitrogen and oxygen atoms in total. The number of pyridine rings is 1. The molecule has 0 aromatic carbocycles. The number of nitrogens with one attached hydrogen (secondary N) is 1. The number of nitrogens with zero attached hydrogens (tertiary/aromatic N) is 1. The maximum atomic E-state index is 4.17. The molecule has 1 saturated carbocycles. The summed E-state index contributed by atoms with van der Waals surface area (Å²) in [6.45, 7) is 6.99. The van der Waals surface area contributed by atoms with Gasteiger partial charge in [0, 0.05) is 18.9 Å². The molecule has 2 heteroatoms. The molecule has 106 valence electrons. The van der Waals surface area contributed by atoms with E-state index in [9.17, 15) is 0 Å². The van der Waals surface area contributed by atoms with Crippen LogP contribution in [0.3, 0.4) is 0 Å². The zero-order valence-electron chi connectivity index (χ0n) is 12.5. The van der Waals surface area contributed by atoms with Crippen LogP contribution in [-0.4, -0.2) is 18.1 Å². The monoisotopic (exact) mass is 260 g/mol. The van der Waals surface area contributed by atoms with Gasteiger partial charge in [0.25, 0.3) is 0 Å². The second kappa shape index (κ2) is 7.04. The molecule has 1 aromatic heterocycles. The Labute approximate surface area is 118 Å². The summed E-state index contributed by atoms with van der Waals surface area (Å²) in [5, 5.41) is 3.69. The van der Waals surface area contributed by atoms with Crippen LogP contribution < -0.4 is 5.32 Å². The first-order valence-electron chi connectivity index (χ1n) is 7.80. The van der Waals surface area contributed by atoms with Crippen molar-refractivity contribution in [2.45, 2.75) is 52.4 Å². The molecule has 0 atom stereocenters. The fourth-order valence-electron chi connectivity index (χ4n) is 3.58. The van der Waals surface area contributed by atoms with E-state index in [1.165, 1.54) is 44.2 Å². The van der Waals surface area contributed by atoms with Crippen LogP contribution in [0.25, 0.3) is 0 Å². The number of hydrogen-bond acceptors (Lipinski definition) is 2. The lowest BCUT2D eigenvalue weighted by Crippen LogP contribution is -2.34. The fraction of sp³-hybridized carbons (Fsp3) is 0.706. The third kappa shape index (κ3) is 4.61. The van der Waals surface area contributed by atoms with Gasteiger partial charge in [-0.2, -0.15) is 0 Å². The lowest BCUT2D eigenvalue weighted by Gasteiger charge is -2.31. The molecule has 0 aliphatic heterocycles. The molecule has 0 spiro atoms. The average molecular weight is 260 g/mol. The van der Waals surface area contributed by atoms with Crippen molar-refractivity contribution in [1.29, 1.82) is 0 Å². The van der Waals surface area contributed by atoms with Gasteiger partial charge in [-0.05, 0) is 55.2 Å². The Morgan fingerprint density at radius 2 is 2.11 bits per heavy atom. The fourth-order valence-corrected chi connectivity index (χ4v) is 3.58. The van der Waals surface area contributed by atoms with E-state index in [1.54, 1.807) is 0 Å². The van der Waals surface area contributed by atoms with E-state index in [2.05, 4.69) is 30.2 Å². The van der Waals surface area contributed by atoms with Crippen LogP contribution in [0.15, 0.2) is 24.5 Å². The van der Waals surface area contributed by atoms with Crippen LogP contribution in [0.5, 0.6) is 0 Å². The number of aromatic nitrogens is 1. The van der Waals surface area contributed by atoms with Crippen molar-refractivity contribution in [3.63, 3.8) is 0 Å². The van der Waals surface area contributed by atoms with Gasteiger partial charge >= 0.3 is 0 Å². The second-order valence-corrected chi connectivity index (χ2v) is 6.59. The molecule has 1 heterocycles. The van der Waals surface area contributed by atoms with Crippen LogP contribution in [0.1, 0.15) is 51.5 Å². The first-order valence-corrected chi connectivity index (χ1v) is 7.80. The molecule has 0 bridgehead atoms. The summed E-state index contributed by atoms with van der Waals surface area (Å²) in [5.74, 6) is 0.818. The normalized spacial score (nSPS) is 18.1. The van der Waals surface area contributed by atoms with Crippen molar-refractivity contribution in [2.75, 3.05) is 13.1 Å². The van der Waals surface area contributed by atoms with E-state index in [1.807, 2.05) is 18.5 Å².